The number of nitrogens with one attached hydrogen (secondary N) is 1. The molecule has 0 unspecified atom stereocenters. The quantitative estimate of drug-likeness (QED) is 0.774. The van der Waals surface area contributed by atoms with E-state index < -0.39 is 0 Å². The molecular formula is C11H14N2S. The first-order chi connectivity index (χ1) is 6.90. The lowest BCUT2D eigenvalue weighted by Gasteiger charge is -2.04. The van der Waals surface area contributed by atoms with Crippen molar-refractivity contribution in [3.05, 3.63) is 24.4 Å². The zero-order valence-corrected chi connectivity index (χ0v) is 9.10. The lowest BCUT2D eigenvalue weighted by atomic mass is 10.2. The van der Waals surface area contributed by atoms with Gasteiger partial charge in [-0.25, -0.2) is 0 Å². The fraction of sp³-hybridized carbons (Fsp3) is 0.364. The van der Waals surface area contributed by atoms with Gasteiger partial charge < -0.3 is 5.32 Å². The first-order valence-electron chi connectivity index (χ1n) is 4.98. The van der Waals surface area contributed by atoms with E-state index in [1.807, 2.05) is 6.20 Å². The number of rotatable bonds is 4. The number of fused-ring (bicyclic) bond motifs is 1. The van der Waals surface area contributed by atoms with Gasteiger partial charge in [0.2, 0.25) is 0 Å². The predicted octanol–water partition coefficient (Wildman–Crippen LogP) is 3.51. The number of hydrogen-bond donors (Lipinski definition) is 1. The summed E-state index contributed by atoms with van der Waals surface area (Å²) >= 11 is 1.55. The van der Waals surface area contributed by atoms with Gasteiger partial charge in [-0.2, -0.15) is 4.37 Å². The van der Waals surface area contributed by atoms with Crippen molar-refractivity contribution in [2.24, 2.45) is 0 Å². The number of nitrogens with zero attached hydrogens (tertiary/aromatic N) is 1. The molecule has 0 atom stereocenters. The number of unbranched alkanes of at least 4 members (excludes halogenated alkanes) is 1. The fourth-order valence-electron chi connectivity index (χ4n) is 1.39. The number of hydrogen-bond acceptors (Lipinski definition) is 3. The summed E-state index contributed by atoms with van der Waals surface area (Å²) in [6, 6.07) is 6.41. The van der Waals surface area contributed by atoms with Crippen LogP contribution in [0.3, 0.4) is 0 Å². The average Bonchev–Trinajstić information content (AvgIpc) is 2.65. The molecule has 0 fully saturated rings. The van der Waals surface area contributed by atoms with Crippen LogP contribution in [0.1, 0.15) is 19.8 Å². The summed E-state index contributed by atoms with van der Waals surface area (Å²) in [5.74, 6) is 0. The Hall–Kier alpha value is -1.09. The maximum Gasteiger partial charge on any atom is 0.0551 e. The molecule has 0 amide bonds. The minimum Gasteiger partial charge on any atom is -0.385 e. The SMILES string of the molecule is CCCCNc1ccc2sncc2c1. The van der Waals surface area contributed by atoms with Crippen molar-refractivity contribution in [1.82, 2.24) is 4.37 Å². The predicted molar refractivity (Wildman–Crippen MR) is 63.0 cm³/mol. The lowest BCUT2D eigenvalue weighted by Crippen LogP contribution is -1.99. The Labute approximate surface area is 88.1 Å². The third kappa shape index (κ3) is 2.04. The lowest BCUT2D eigenvalue weighted by molar-refractivity contribution is 0.834. The molecule has 0 aliphatic rings. The minimum absolute atomic E-state index is 1.06. The van der Waals surface area contributed by atoms with Crippen LogP contribution in [0.4, 0.5) is 5.69 Å². The summed E-state index contributed by atoms with van der Waals surface area (Å²) in [5, 5.41) is 4.64. The van der Waals surface area contributed by atoms with Crippen LogP contribution < -0.4 is 5.32 Å². The van der Waals surface area contributed by atoms with Crippen LogP contribution in [0, 0.1) is 0 Å². The molecule has 2 aromatic rings. The van der Waals surface area contributed by atoms with Gasteiger partial charge >= 0.3 is 0 Å². The third-order valence-corrected chi connectivity index (χ3v) is 2.99. The molecule has 74 valence electrons. The number of benzene rings is 1. The Morgan fingerprint density at radius 1 is 1.43 bits per heavy atom. The minimum atomic E-state index is 1.06. The normalized spacial score (nSPS) is 10.6. The van der Waals surface area contributed by atoms with Crippen molar-refractivity contribution in [3.63, 3.8) is 0 Å². The largest absolute Gasteiger partial charge is 0.385 e. The van der Waals surface area contributed by atoms with Crippen LogP contribution in [-0.2, 0) is 0 Å². The van der Waals surface area contributed by atoms with E-state index in [2.05, 4.69) is 34.8 Å². The Morgan fingerprint density at radius 2 is 2.36 bits per heavy atom. The van der Waals surface area contributed by atoms with Gasteiger partial charge in [-0.15, -0.1) is 0 Å². The smallest absolute Gasteiger partial charge is 0.0551 e. The van der Waals surface area contributed by atoms with Crippen molar-refractivity contribution in [3.8, 4) is 0 Å². The second-order valence-corrected chi connectivity index (χ2v) is 4.19. The summed E-state index contributed by atoms with van der Waals surface area (Å²) in [4.78, 5) is 0. The van der Waals surface area contributed by atoms with Gasteiger partial charge in [0, 0.05) is 23.8 Å². The summed E-state index contributed by atoms with van der Waals surface area (Å²) in [6.45, 7) is 3.26. The van der Waals surface area contributed by atoms with Gasteiger partial charge in [0.1, 0.15) is 0 Å². The van der Waals surface area contributed by atoms with E-state index in [0.29, 0.717) is 0 Å². The fourth-order valence-corrected chi connectivity index (χ4v) is 2.02. The molecule has 1 aromatic heterocycles. The summed E-state index contributed by atoms with van der Waals surface area (Å²) in [6.07, 6.45) is 4.38. The zero-order chi connectivity index (χ0) is 9.80. The number of aromatic nitrogens is 1. The van der Waals surface area contributed by atoms with E-state index in [9.17, 15) is 0 Å². The summed E-state index contributed by atoms with van der Waals surface area (Å²) in [5.41, 5.74) is 1.20. The molecule has 14 heavy (non-hydrogen) atoms. The van der Waals surface area contributed by atoms with E-state index in [4.69, 9.17) is 0 Å². The molecule has 0 radical (unpaired) electrons. The molecule has 3 heteroatoms. The van der Waals surface area contributed by atoms with Crippen molar-refractivity contribution >= 4 is 27.3 Å². The van der Waals surface area contributed by atoms with Crippen LogP contribution in [0.15, 0.2) is 24.4 Å². The monoisotopic (exact) mass is 206 g/mol. The first-order valence-corrected chi connectivity index (χ1v) is 5.76. The molecule has 1 N–H and O–H groups in total. The molecule has 1 aromatic carbocycles. The number of anilines is 1. The van der Waals surface area contributed by atoms with Crippen LogP contribution in [0.2, 0.25) is 0 Å². The topological polar surface area (TPSA) is 24.9 Å². The van der Waals surface area contributed by atoms with Crippen molar-refractivity contribution in [2.75, 3.05) is 11.9 Å². The second-order valence-electron chi connectivity index (χ2n) is 3.36. The molecule has 0 aliphatic heterocycles. The molecule has 2 nitrogen and oxygen atoms in total. The van der Waals surface area contributed by atoms with E-state index in [1.54, 1.807) is 11.5 Å². The van der Waals surface area contributed by atoms with Crippen molar-refractivity contribution < 1.29 is 0 Å². The molecular weight excluding hydrogens is 192 g/mol. The molecule has 0 aliphatic carbocycles. The molecule has 0 bridgehead atoms. The molecule has 0 saturated carbocycles. The second kappa shape index (κ2) is 4.42. The molecule has 0 saturated heterocycles. The van der Waals surface area contributed by atoms with Crippen LogP contribution in [0.25, 0.3) is 10.1 Å². The van der Waals surface area contributed by atoms with Crippen molar-refractivity contribution in [2.45, 2.75) is 19.8 Å². The standard InChI is InChI=1S/C11H14N2S/c1-2-3-6-12-10-4-5-11-9(7-10)8-13-14-11/h4-5,7-8,12H,2-3,6H2,1H3. The van der Waals surface area contributed by atoms with E-state index >= 15 is 0 Å². The van der Waals surface area contributed by atoms with Gasteiger partial charge in [0.15, 0.2) is 0 Å². The summed E-state index contributed by atoms with van der Waals surface area (Å²) in [7, 11) is 0. The molecule has 1 heterocycles. The van der Waals surface area contributed by atoms with Gasteiger partial charge in [0.05, 0.1) is 4.70 Å². The van der Waals surface area contributed by atoms with Gasteiger partial charge in [-0.1, -0.05) is 13.3 Å². The Morgan fingerprint density at radius 3 is 3.21 bits per heavy atom. The van der Waals surface area contributed by atoms with Crippen molar-refractivity contribution in [1.29, 1.82) is 0 Å². The van der Waals surface area contributed by atoms with Gasteiger partial charge in [-0.3, -0.25) is 0 Å². The van der Waals surface area contributed by atoms with Crippen LogP contribution in [-0.4, -0.2) is 10.9 Å². The third-order valence-electron chi connectivity index (χ3n) is 2.21. The first kappa shape index (κ1) is 9.46. The highest BCUT2D eigenvalue weighted by molar-refractivity contribution is 7.13. The van der Waals surface area contributed by atoms with E-state index in [0.717, 1.165) is 6.54 Å². The van der Waals surface area contributed by atoms with Gasteiger partial charge in [-0.05, 0) is 36.2 Å². The highest BCUT2D eigenvalue weighted by Gasteiger charge is 1.97. The van der Waals surface area contributed by atoms with E-state index in [-0.39, 0.29) is 0 Å². The molecule has 2 rings (SSSR count). The highest BCUT2D eigenvalue weighted by Crippen LogP contribution is 2.21. The van der Waals surface area contributed by atoms with Crippen LogP contribution >= 0.6 is 11.5 Å². The highest BCUT2D eigenvalue weighted by atomic mass is 32.1. The summed E-state index contributed by atoms with van der Waals surface area (Å²) < 4.78 is 5.41. The van der Waals surface area contributed by atoms with Crippen LogP contribution in [0.5, 0.6) is 0 Å². The zero-order valence-electron chi connectivity index (χ0n) is 8.29. The Balaban J connectivity index is 2.10. The average molecular weight is 206 g/mol. The maximum atomic E-state index is 4.15. The molecule has 0 spiro atoms. The van der Waals surface area contributed by atoms with E-state index in [1.165, 1.54) is 28.6 Å². The van der Waals surface area contributed by atoms with Gasteiger partial charge in [0.25, 0.3) is 0 Å². The Bertz CT molecular complexity index is 408. The Kier molecular flexibility index (Phi) is 2.99. The maximum absolute atomic E-state index is 4.15.